The lowest BCUT2D eigenvalue weighted by Crippen LogP contribution is -2.23. The fourth-order valence-electron chi connectivity index (χ4n) is 2.38. The Bertz CT molecular complexity index is 445. The second kappa shape index (κ2) is 5.72. The summed E-state index contributed by atoms with van der Waals surface area (Å²) in [6.07, 6.45) is 1.70. The first-order valence-corrected chi connectivity index (χ1v) is 6.54. The number of halogens is 1. The van der Waals surface area contributed by atoms with Crippen molar-refractivity contribution in [3.8, 4) is 5.75 Å². The molecule has 1 aromatic rings. The lowest BCUT2D eigenvalue weighted by molar-refractivity contribution is 0.0689. The molecule has 0 spiro atoms. The molecule has 2 atom stereocenters. The van der Waals surface area contributed by atoms with Crippen molar-refractivity contribution in [3.05, 3.63) is 28.8 Å². The van der Waals surface area contributed by atoms with Crippen LogP contribution in [0.25, 0.3) is 0 Å². The van der Waals surface area contributed by atoms with Gasteiger partial charge in [0.05, 0.1) is 24.2 Å². The number of Topliss-reactive ketones (excluding diaryl/α,β-unsaturated/α-hetero) is 1. The van der Waals surface area contributed by atoms with E-state index in [9.17, 15) is 4.79 Å². The Morgan fingerprint density at radius 3 is 3.00 bits per heavy atom. The Morgan fingerprint density at radius 2 is 2.33 bits per heavy atom. The van der Waals surface area contributed by atoms with Gasteiger partial charge in [-0.2, -0.15) is 0 Å². The summed E-state index contributed by atoms with van der Waals surface area (Å²) in [5, 5.41) is 0.517. The quantitative estimate of drug-likeness (QED) is 0.786. The van der Waals surface area contributed by atoms with E-state index in [4.69, 9.17) is 21.1 Å². The predicted octanol–water partition coefficient (Wildman–Crippen LogP) is 3.35. The summed E-state index contributed by atoms with van der Waals surface area (Å²) in [6.45, 7) is 2.71. The van der Waals surface area contributed by atoms with Crippen LogP contribution in [0, 0.1) is 5.92 Å². The Balaban J connectivity index is 2.23. The van der Waals surface area contributed by atoms with Crippen molar-refractivity contribution >= 4 is 17.4 Å². The van der Waals surface area contributed by atoms with E-state index < -0.39 is 0 Å². The van der Waals surface area contributed by atoms with Crippen LogP contribution in [-0.4, -0.2) is 25.6 Å². The molecule has 1 aliphatic rings. The zero-order valence-corrected chi connectivity index (χ0v) is 11.4. The highest BCUT2D eigenvalue weighted by Gasteiger charge is 2.33. The molecule has 4 heteroatoms. The Morgan fingerprint density at radius 1 is 1.56 bits per heavy atom. The van der Waals surface area contributed by atoms with Crippen molar-refractivity contribution in [2.24, 2.45) is 5.92 Å². The summed E-state index contributed by atoms with van der Waals surface area (Å²) in [5.41, 5.74) is 0.644. The van der Waals surface area contributed by atoms with E-state index >= 15 is 0 Å². The minimum Gasteiger partial charge on any atom is -0.495 e. The Hall–Kier alpha value is -1.06. The van der Waals surface area contributed by atoms with Gasteiger partial charge in [-0.1, -0.05) is 18.5 Å². The van der Waals surface area contributed by atoms with Crippen molar-refractivity contribution in [3.63, 3.8) is 0 Å². The van der Waals surface area contributed by atoms with Crippen LogP contribution >= 0.6 is 11.6 Å². The molecule has 0 aromatic heterocycles. The number of carbonyl (C=O) groups excluding carboxylic acids is 1. The average molecular weight is 269 g/mol. The molecule has 0 saturated carbocycles. The van der Waals surface area contributed by atoms with Gasteiger partial charge in [0.15, 0.2) is 5.78 Å². The van der Waals surface area contributed by atoms with Gasteiger partial charge in [0.1, 0.15) is 5.75 Å². The summed E-state index contributed by atoms with van der Waals surface area (Å²) >= 11 is 5.96. The van der Waals surface area contributed by atoms with Crippen molar-refractivity contribution < 1.29 is 14.3 Å². The molecule has 1 aliphatic heterocycles. The van der Waals surface area contributed by atoms with E-state index in [1.54, 1.807) is 25.3 Å². The first kappa shape index (κ1) is 13.4. The fraction of sp³-hybridized carbons (Fsp3) is 0.500. The number of benzene rings is 1. The molecule has 0 amide bonds. The number of carbonyl (C=O) groups is 1. The van der Waals surface area contributed by atoms with Crippen molar-refractivity contribution in [2.75, 3.05) is 13.7 Å². The van der Waals surface area contributed by atoms with Crippen molar-refractivity contribution in [2.45, 2.75) is 25.9 Å². The summed E-state index contributed by atoms with van der Waals surface area (Å²) in [7, 11) is 1.54. The largest absolute Gasteiger partial charge is 0.495 e. The molecule has 0 aliphatic carbocycles. The first-order chi connectivity index (χ1) is 8.67. The van der Waals surface area contributed by atoms with Crippen LogP contribution in [0.15, 0.2) is 18.2 Å². The maximum Gasteiger partial charge on any atom is 0.168 e. The first-order valence-electron chi connectivity index (χ1n) is 6.16. The number of hydrogen-bond acceptors (Lipinski definition) is 3. The molecule has 98 valence electrons. The maximum atomic E-state index is 12.4. The van der Waals surface area contributed by atoms with Gasteiger partial charge in [-0.3, -0.25) is 4.79 Å². The smallest absolute Gasteiger partial charge is 0.168 e. The molecule has 0 N–H and O–H groups in total. The molecule has 1 saturated heterocycles. The number of hydrogen-bond donors (Lipinski definition) is 0. The standard InChI is InChI=1S/C14H17ClO3/c1-3-12-10(6-7-18-12)14(16)9-4-5-11(15)13(8-9)17-2/h4-5,8,10,12H,3,6-7H2,1-2H3. The van der Waals surface area contributed by atoms with E-state index in [0.29, 0.717) is 22.9 Å². The average Bonchev–Trinajstić information content (AvgIpc) is 2.86. The van der Waals surface area contributed by atoms with E-state index in [2.05, 4.69) is 0 Å². The highest BCUT2D eigenvalue weighted by Crippen LogP contribution is 2.30. The van der Waals surface area contributed by atoms with Gasteiger partial charge >= 0.3 is 0 Å². The monoisotopic (exact) mass is 268 g/mol. The van der Waals surface area contributed by atoms with Gasteiger partial charge in [-0.05, 0) is 31.0 Å². The van der Waals surface area contributed by atoms with Crippen LogP contribution in [0.1, 0.15) is 30.1 Å². The Kier molecular flexibility index (Phi) is 4.25. The van der Waals surface area contributed by atoms with Crippen LogP contribution in [0.4, 0.5) is 0 Å². The minimum absolute atomic E-state index is 0.0409. The highest BCUT2D eigenvalue weighted by molar-refractivity contribution is 6.32. The minimum atomic E-state index is -0.0409. The number of rotatable bonds is 4. The lowest BCUT2D eigenvalue weighted by Gasteiger charge is -2.16. The molecular formula is C14H17ClO3. The summed E-state index contributed by atoms with van der Waals surface area (Å²) in [5.74, 6) is 0.615. The van der Waals surface area contributed by atoms with Crippen LogP contribution < -0.4 is 4.74 Å². The SMILES string of the molecule is CCC1OCCC1C(=O)c1ccc(Cl)c(OC)c1. The second-order valence-electron chi connectivity index (χ2n) is 4.43. The molecule has 3 nitrogen and oxygen atoms in total. The topological polar surface area (TPSA) is 35.5 Å². The normalized spacial score (nSPS) is 23.1. The second-order valence-corrected chi connectivity index (χ2v) is 4.83. The van der Waals surface area contributed by atoms with Gasteiger partial charge in [-0.25, -0.2) is 0 Å². The highest BCUT2D eigenvalue weighted by atomic mass is 35.5. The summed E-state index contributed by atoms with van der Waals surface area (Å²) < 4.78 is 10.7. The number of ether oxygens (including phenoxy) is 2. The number of ketones is 1. The van der Waals surface area contributed by atoms with E-state index in [0.717, 1.165) is 12.8 Å². The predicted molar refractivity (Wildman–Crippen MR) is 70.5 cm³/mol. The summed E-state index contributed by atoms with van der Waals surface area (Å²) in [4.78, 5) is 12.4. The van der Waals surface area contributed by atoms with Gasteiger partial charge in [0.25, 0.3) is 0 Å². The van der Waals surface area contributed by atoms with Crippen LogP contribution in [-0.2, 0) is 4.74 Å². The fourth-order valence-corrected chi connectivity index (χ4v) is 2.57. The van der Waals surface area contributed by atoms with Gasteiger partial charge in [0, 0.05) is 12.2 Å². The third-order valence-corrected chi connectivity index (χ3v) is 3.70. The van der Waals surface area contributed by atoms with Gasteiger partial charge < -0.3 is 9.47 Å². The van der Waals surface area contributed by atoms with Crippen LogP contribution in [0.5, 0.6) is 5.75 Å². The lowest BCUT2D eigenvalue weighted by atomic mass is 9.90. The molecule has 1 heterocycles. The van der Waals surface area contributed by atoms with Crippen molar-refractivity contribution in [1.82, 2.24) is 0 Å². The summed E-state index contributed by atoms with van der Waals surface area (Å²) in [6, 6.07) is 5.15. The molecule has 18 heavy (non-hydrogen) atoms. The van der Waals surface area contributed by atoms with E-state index in [-0.39, 0.29) is 17.8 Å². The van der Waals surface area contributed by atoms with Gasteiger partial charge in [-0.15, -0.1) is 0 Å². The molecular weight excluding hydrogens is 252 g/mol. The molecule has 0 bridgehead atoms. The maximum absolute atomic E-state index is 12.4. The van der Waals surface area contributed by atoms with Crippen LogP contribution in [0.2, 0.25) is 5.02 Å². The van der Waals surface area contributed by atoms with Crippen molar-refractivity contribution in [1.29, 1.82) is 0 Å². The van der Waals surface area contributed by atoms with E-state index in [1.807, 2.05) is 6.92 Å². The molecule has 1 aromatic carbocycles. The zero-order chi connectivity index (χ0) is 13.1. The van der Waals surface area contributed by atoms with E-state index in [1.165, 1.54) is 0 Å². The molecule has 2 rings (SSSR count). The zero-order valence-electron chi connectivity index (χ0n) is 10.6. The molecule has 0 radical (unpaired) electrons. The third-order valence-electron chi connectivity index (χ3n) is 3.38. The number of methoxy groups -OCH3 is 1. The molecule has 2 unspecified atom stereocenters. The third kappa shape index (κ3) is 2.52. The Labute approximate surface area is 112 Å². The molecule has 1 fully saturated rings. The van der Waals surface area contributed by atoms with Gasteiger partial charge in [0.2, 0.25) is 0 Å². The van der Waals surface area contributed by atoms with Crippen LogP contribution in [0.3, 0.4) is 0 Å².